The summed E-state index contributed by atoms with van der Waals surface area (Å²) >= 11 is 0. The van der Waals surface area contributed by atoms with E-state index < -0.39 is 0 Å². The summed E-state index contributed by atoms with van der Waals surface area (Å²) in [7, 11) is 1.55. The molecule has 1 aliphatic rings. The highest BCUT2D eigenvalue weighted by molar-refractivity contribution is 5.70. The Hall–Kier alpha value is -1.59. The van der Waals surface area contributed by atoms with Gasteiger partial charge in [0, 0.05) is 13.5 Å². The number of ether oxygens (including phenoxy) is 3. The zero-order valence-electron chi connectivity index (χ0n) is 10.6. The molecule has 1 saturated heterocycles. The molecule has 0 saturated carbocycles. The Bertz CT molecular complexity index is 427. The molecule has 1 N–H and O–H groups in total. The van der Waals surface area contributed by atoms with E-state index in [4.69, 9.17) is 14.2 Å². The van der Waals surface area contributed by atoms with Crippen LogP contribution in [0.4, 0.5) is 0 Å². The average molecular weight is 251 g/mol. The Morgan fingerprint density at radius 2 is 2.28 bits per heavy atom. The molecule has 1 aromatic rings. The lowest BCUT2D eigenvalue weighted by Crippen LogP contribution is -2.34. The second-order valence-corrected chi connectivity index (χ2v) is 4.09. The van der Waals surface area contributed by atoms with Crippen molar-refractivity contribution < 1.29 is 19.0 Å². The first-order valence-corrected chi connectivity index (χ1v) is 5.88. The van der Waals surface area contributed by atoms with Crippen LogP contribution in [0.25, 0.3) is 0 Å². The minimum Gasteiger partial charge on any atom is -0.493 e. The van der Waals surface area contributed by atoms with Crippen molar-refractivity contribution in [2.75, 3.05) is 26.9 Å². The van der Waals surface area contributed by atoms with Gasteiger partial charge in [-0.25, -0.2) is 0 Å². The van der Waals surface area contributed by atoms with Crippen LogP contribution in [-0.2, 0) is 9.53 Å². The number of benzene rings is 1. The third-order valence-electron chi connectivity index (χ3n) is 2.77. The molecule has 18 heavy (non-hydrogen) atoms. The SMILES string of the molecule is COc1cc([C@H]2COCCN2)ccc1OC(C)=O. The molecule has 1 aromatic carbocycles. The maximum Gasteiger partial charge on any atom is 0.308 e. The molecule has 1 fully saturated rings. The molecular weight excluding hydrogens is 234 g/mol. The summed E-state index contributed by atoms with van der Waals surface area (Å²) in [6, 6.07) is 5.67. The lowest BCUT2D eigenvalue weighted by molar-refractivity contribution is -0.132. The van der Waals surface area contributed by atoms with Crippen LogP contribution in [0.15, 0.2) is 18.2 Å². The first-order valence-electron chi connectivity index (χ1n) is 5.88. The third kappa shape index (κ3) is 3.00. The van der Waals surface area contributed by atoms with Gasteiger partial charge in [0.15, 0.2) is 11.5 Å². The van der Waals surface area contributed by atoms with Crippen LogP contribution in [0.3, 0.4) is 0 Å². The second kappa shape index (κ2) is 5.84. The lowest BCUT2D eigenvalue weighted by Gasteiger charge is -2.24. The highest BCUT2D eigenvalue weighted by Crippen LogP contribution is 2.30. The zero-order chi connectivity index (χ0) is 13.0. The van der Waals surface area contributed by atoms with Crippen molar-refractivity contribution in [1.82, 2.24) is 5.32 Å². The monoisotopic (exact) mass is 251 g/mol. The van der Waals surface area contributed by atoms with Crippen molar-refractivity contribution in [2.24, 2.45) is 0 Å². The van der Waals surface area contributed by atoms with Crippen LogP contribution in [-0.4, -0.2) is 32.8 Å². The Labute approximate surface area is 106 Å². The topological polar surface area (TPSA) is 56.8 Å². The highest BCUT2D eigenvalue weighted by atomic mass is 16.6. The molecule has 0 bridgehead atoms. The standard InChI is InChI=1S/C13H17NO4/c1-9(15)18-12-4-3-10(7-13(12)16-2)11-8-17-6-5-14-11/h3-4,7,11,14H,5-6,8H2,1-2H3/t11-/m1/s1. The van der Waals surface area contributed by atoms with Gasteiger partial charge >= 0.3 is 5.97 Å². The van der Waals surface area contributed by atoms with Gasteiger partial charge < -0.3 is 19.5 Å². The van der Waals surface area contributed by atoms with Crippen molar-refractivity contribution >= 4 is 5.97 Å². The van der Waals surface area contributed by atoms with Crippen LogP contribution in [0.1, 0.15) is 18.5 Å². The number of rotatable bonds is 3. The van der Waals surface area contributed by atoms with Gasteiger partial charge in [0.1, 0.15) is 0 Å². The maximum atomic E-state index is 11.0. The fourth-order valence-corrected chi connectivity index (χ4v) is 1.92. The van der Waals surface area contributed by atoms with Crippen LogP contribution < -0.4 is 14.8 Å². The number of hydrogen-bond acceptors (Lipinski definition) is 5. The molecule has 0 spiro atoms. The van der Waals surface area contributed by atoms with E-state index in [1.807, 2.05) is 12.1 Å². The Kier molecular flexibility index (Phi) is 4.17. The minimum absolute atomic E-state index is 0.152. The van der Waals surface area contributed by atoms with Gasteiger partial charge in [0.2, 0.25) is 0 Å². The number of hydrogen-bond donors (Lipinski definition) is 1. The summed E-state index contributed by atoms with van der Waals surface area (Å²) in [5.74, 6) is 0.626. The van der Waals surface area contributed by atoms with Crippen molar-refractivity contribution in [3.63, 3.8) is 0 Å². The van der Waals surface area contributed by atoms with Crippen molar-refractivity contribution in [3.8, 4) is 11.5 Å². The molecule has 0 aromatic heterocycles. The molecule has 5 heteroatoms. The van der Waals surface area contributed by atoms with Gasteiger partial charge in [-0.3, -0.25) is 4.79 Å². The predicted molar refractivity (Wildman–Crippen MR) is 65.9 cm³/mol. The number of methoxy groups -OCH3 is 1. The minimum atomic E-state index is -0.361. The predicted octanol–water partition coefficient (Wildman–Crippen LogP) is 1.28. The summed E-state index contributed by atoms with van der Waals surface area (Å²) in [5.41, 5.74) is 1.06. The number of nitrogens with one attached hydrogen (secondary N) is 1. The lowest BCUT2D eigenvalue weighted by atomic mass is 10.1. The molecule has 0 radical (unpaired) electrons. The van der Waals surface area contributed by atoms with E-state index in [1.165, 1.54) is 6.92 Å². The van der Waals surface area contributed by atoms with Gasteiger partial charge in [-0.15, -0.1) is 0 Å². The molecule has 98 valence electrons. The fraction of sp³-hybridized carbons (Fsp3) is 0.462. The van der Waals surface area contributed by atoms with Crippen molar-refractivity contribution in [2.45, 2.75) is 13.0 Å². The summed E-state index contributed by atoms with van der Waals surface area (Å²) in [4.78, 5) is 11.0. The molecule has 0 amide bonds. The van der Waals surface area contributed by atoms with Crippen LogP contribution in [0.5, 0.6) is 11.5 Å². The van der Waals surface area contributed by atoms with E-state index in [1.54, 1.807) is 13.2 Å². The van der Waals surface area contributed by atoms with Crippen LogP contribution in [0.2, 0.25) is 0 Å². The second-order valence-electron chi connectivity index (χ2n) is 4.09. The van der Waals surface area contributed by atoms with Gasteiger partial charge in [-0.1, -0.05) is 6.07 Å². The highest BCUT2D eigenvalue weighted by Gasteiger charge is 2.17. The average Bonchev–Trinajstić information content (AvgIpc) is 2.39. The summed E-state index contributed by atoms with van der Waals surface area (Å²) in [6.45, 7) is 3.57. The smallest absolute Gasteiger partial charge is 0.308 e. The first-order chi connectivity index (χ1) is 8.70. The van der Waals surface area contributed by atoms with Crippen LogP contribution >= 0.6 is 0 Å². The molecule has 1 heterocycles. The quantitative estimate of drug-likeness (QED) is 0.648. The van der Waals surface area contributed by atoms with Gasteiger partial charge in [0.05, 0.1) is 26.4 Å². The van der Waals surface area contributed by atoms with Crippen LogP contribution in [0, 0.1) is 0 Å². The van der Waals surface area contributed by atoms with Gasteiger partial charge in [-0.2, -0.15) is 0 Å². The number of morpholine rings is 1. The molecule has 1 aliphatic heterocycles. The van der Waals surface area contributed by atoms with Crippen molar-refractivity contribution in [3.05, 3.63) is 23.8 Å². The first kappa shape index (κ1) is 12.9. The van der Waals surface area contributed by atoms with E-state index >= 15 is 0 Å². The summed E-state index contributed by atoms with van der Waals surface area (Å²) in [5, 5.41) is 3.36. The van der Waals surface area contributed by atoms with Gasteiger partial charge in [-0.05, 0) is 17.7 Å². The van der Waals surface area contributed by atoms with E-state index in [2.05, 4.69) is 5.32 Å². The Balaban J connectivity index is 2.20. The third-order valence-corrected chi connectivity index (χ3v) is 2.77. The Morgan fingerprint density at radius 3 is 2.89 bits per heavy atom. The fourth-order valence-electron chi connectivity index (χ4n) is 1.92. The number of carbonyl (C=O) groups is 1. The van der Waals surface area contributed by atoms with E-state index in [0.29, 0.717) is 18.1 Å². The molecule has 0 aliphatic carbocycles. The largest absolute Gasteiger partial charge is 0.493 e. The number of esters is 1. The number of carbonyl (C=O) groups excluding carboxylic acids is 1. The zero-order valence-corrected chi connectivity index (χ0v) is 10.6. The van der Waals surface area contributed by atoms with E-state index in [0.717, 1.165) is 18.7 Å². The normalized spacial score (nSPS) is 19.3. The Morgan fingerprint density at radius 1 is 1.44 bits per heavy atom. The van der Waals surface area contributed by atoms with E-state index in [9.17, 15) is 4.79 Å². The molecule has 0 unspecified atom stereocenters. The van der Waals surface area contributed by atoms with Gasteiger partial charge in [0.25, 0.3) is 0 Å². The molecule has 1 atom stereocenters. The molecule has 5 nitrogen and oxygen atoms in total. The molecule has 2 rings (SSSR count). The van der Waals surface area contributed by atoms with Crippen molar-refractivity contribution in [1.29, 1.82) is 0 Å². The maximum absolute atomic E-state index is 11.0. The molecular formula is C13H17NO4. The summed E-state index contributed by atoms with van der Waals surface area (Å²) in [6.07, 6.45) is 0. The summed E-state index contributed by atoms with van der Waals surface area (Å²) < 4.78 is 15.7. The van der Waals surface area contributed by atoms with E-state index in [-0.39, 0.29) is 12.0 Å².